The zero-order chi connectivity index (χ0) is 19.7. The van der Waals surface area contributed by atoms with Crippen LogP contribution < -0.4 is 10.0 Å². The predicted molar refractivity (Wildman–Crippen MR) is 84.1 cm³/mol. The minimum Gasteiger partial charge on any atom is -0.480 e. The van der Waals surface area contributed by atoms with E-state index < -0.39 is 40.5 Å². The lowest BCUT2D eigenvalue weighted by atomic mass is 10.1. The summed E-state index contributed by atoms with van der Waals surface area (Å²) in [6.45, 7) is 1.46. The van der Waals surface area contributed by atoms with Crippen LogP contribution >= 0.6 is 0 Å². The van der Waals surface area contributed by atoms with Gasteiger partial charge in [0.2, 0.25) is 10.0 Å². The van der Waals surface area contributed by atoms with Gasteiger partial charge in [0.25, 0.3) is 5.91 Å². The van der Waals surface area contributed by atoms with Gasteiger partial charge >= 0.3 is 12.1 Å². The molecule has 0 radical (unpaired) electrons. The summed E-state index contributed by atoms with van der Waals surface area (Å²) in [4.78, 5) is 23.0. The molecule has 1 aromatic carbocycles. The number of nitrogens with one attached hydrogen (secondary N) is 2. The van der Waals surface area contributed by atoms with Gasteiger partial charge in [-0.2, -0.15) is 13.2 Å². The van der Waals surface area contributed by atoms with Crippen molar-refractivity contribution in [2.75, 3.05) is 0 Å². The summed E-state index contributed by atoms with van der Waals surface area (Å²) in [5.74, 6) is -2.94. The first-order valence-electron chi connectivity index (χ1n) is 7.62. The van der Waals surface area contributed by atoms with E-state index in [0.29, 0.717) is 18.4 Å². The van der Waals surface area contributed by atoms with Gasteiger partial charge in [-0.05, 0) is 37.5 Å². The molecule has 1 aromatic rings. The van der Waals surface area contributed by atoms with E-state index in [4.69, 9.17) is 5.11 Å². The number of hydrogen-bond acceptors (Lipinski definition) is 4. The maximum absolute atomic E-state index is 12.4. The van der Waals surface area contributed by atoms with Crippen LogP contribution in [-0.4, -0.2) is 43.7 Å². The number of rotatable bonds is 7. The van der Waals surface area contributed by atoms with E-state index in [1.807, 2.05) is 0 Å². The third kappa shape index (κ3) is 5.43. The number of carbonyl (C=O) groups is 2. The summed E-state index contributed by atoms with van der Waals surface area (Å²) in [5, 5.41) is 10.7. The number of alkyl halides is 3. The molecular formula is C15H17F3N2O5S. The smallest absolute Gasteiger partial charge is 0.391 e. The third-order valence-electron chi connectivity index (χ3n) is 3.70. The summed E-state index contributed by atoms with van der Waals surface area (Å²) >= 11 is 0. The van der Waals surface area contributed by atoms with Gasteiger partial charge in [-0.1, -0.05) is 6.07 Å². The number of carbonyl (C=O) groups excluding carboxylic acids is 1. The zero-order valence-corrected chi connectivity index (χ0v) is 14.4. The van der Waals surface area contributed by atoms with E-state index in [1.165, 1.54) is 19.1 Å². The molecule has 0 bridgehead atoms. The predicted octanol–water partition coefficient (Wildman–Crippen LogP) is 1.57. The second kappa shape index (κ2) is 7.23. The summed E-state index contributed by atoms with van der Waals surface area (Å²) < 4.78 is 64.2. The van der Waals surface area contributed by atoms with Crippen molar-refractivity contribution in [3.63, 3.8) is 0 Å². The molecule has 144 valence electrons. The summed E-state index contributed by atoms with van der Waals surface area (Å²) in [5.41, 5.74) is 0.0844. The normalized spacial score (nSPS) is 16.2. The van der Waals surface area contributed by atoms with Gasteiger partial charge in [-0.25, -0.2) is 17.9 Å². The Morgan fingerprint density at radius 3 is 2.42 bits per heavy atom. The summed E-state index contributed by atoms with van der Waals surface area (Å²) in [7, 11) is -3.87. The summed E-state index contributed by atoms with van der Waals surface area (Å²) in [6, 6.07) is 1.27. The van der Waals surface area contributed by atoms with Crippen LogP contribution in [0.25, 0.3) is 0 Å². The molecule has 1 aliphatic rings. The Bertz CT molecular complexity index is 819. The Hall–Kier alpha value is -2.14. The van der Waals surface area contributed by atoms with Crippen LogP contribution in [0.2, 0.25) is 0 Å². The number of amides is 1. The van der Waals surface area contributed by atoms with Crippen molar-refractivity contribution in [1.29, 1.82) is 0 Å². The van der Waals surface area contributed by atoms with E-state index in [-0.39, 0.29) is 16.5 Å². The Kier molecular flexibility index (Phi) is 5.61. The van der Waals surface area contributed by atoms with E-state index in [0.717, 1.165) is 6.07 Å². The molecule has 0 aliphatic heterocycles. The molecule has 0 aromatic heterocycles. The minimum absolute atomic E-state index is 0.165. The zero-order valence-electron chi connectivity index (χ0n) is 13.6. The Morgan fingerprint density at radius 2 is 1.92 bits per heavy atom. The third-order valence-corrected chi connectivity index (χ3v) is 5.22. The van der Waals surface area contributed by atoms with Crippen LogP contribution in [0.3, 0.4) is 0 Å². The lowest BCUT2D eigenvalue weighted by Crippen LogP contribution is -2.43. The van der Waals surface area contributed by atoms with Crippen molar-refractivity contribution in [2.45, 2.75) is 49.3 Å². The number of carboxylic acids is 1. The standard InChI is InChI=1S/C15H17F3N2O5S/c1-8-2-5-10(26(24,25)20-9-3-4-9)6-11(8)13(21)19-12(14(22)23)7-15(16,17)18/h2,5-6,9,12,20H,3-4,7H2,1H3,(H,19,21)(H,22,23). The highest BCUT2D eigenvalue weighted by atomic mass is 32.2. The molecule has 11 heteroatoms. The van der Waals surface area contributed by atoms with Crippen molar-refractivity contribution in [1.82, 2.24) is 10.0 Å². The number of halogens is 3. The van der Waals surface area contributed by atoms with Crippen LogP contribution in [0.4, 0.5) is 13.2 Å². The molecule has 1 atom stereocenters. The topological polar surface area (TPSA) is 113 Å². The number of hydrogen-bond donors (Lipinski definition) is 3. The maximum Gasteiger partial charge on any atom is 0.391 e. The van der Waals surface area contributed by atoms with Gasteiger partial charge in [0, 0.05) is 11.6 Å². The van der Waals surface area contributed by atoms with Gasteiger partial charge in [-0.3, -0.25) is 4.79 Å². The van der Waals surface area contributed by atoms with Crippen molar-refractivity contribution in [3.8, 4) is 0 Å². The van der Waals surface area contributed by atoms with Crippen LogP contribution in [0, 0.1) is 6.92 Å². The highest BCUT2D eigenvalue weighted by Gasteiger charge is 2.36. The minimum atomic E-state index is -4.79. The fraction of sp³-hybridized carbons (Fsp3) is 0.467. The number of sulfonamides is 1. The average molecular weight is 394 g/mol. The van der Waals surface area contributed by atoms with E-state index >= 15 is 0 Å². The quantitative estimate of drug-likeness (QED) is 0.650. The summed E-state index contributed by atoms with van der Waals surface area (Å²) in [6.07, 6.45) is -5.12. The van der Waals surface area contributed by atoms with Crippen LogP contribution in [0.15, 0.2) is 23.1 Å². The van der Waals surface area contributed by atoms with Crippen LogP contribution in [0.1, 0.15) is 35.2 Å². The molecule has 1 unspecified atom stereocenters. The molecule has 26 heavy (non-hydrogen) atoms. The molecule has 1 fully saturated rings. The molecular weight excluding hydrogens is 377 g/mol. The average Bonchev–Trinajstić information content (AvgIpc) is 3.28. The molecule has 1 saturated carbocycles. The molecule has 0 saturated heterocycles. The van der Waals surface area contributed by atoms with Crippen molar-refractivity contribution in [2.24, 2.45) is 0 Å². The lowest BCUT2D eigenvalue weighted by Gasteiger charge is -2.17. The van der Waals surface area contributed by atoms with Gasteiger partial charge < -0.3 is 10.4 Å². The number of aliphatic carboxylic acids is 1. The molecule has 3 N–H and O–H groups in total. The first-order valence-corrected chi connectivity index (χ1v) is 9.11. The SMILES string of the molecule is Cc1ccc(S(=O)(=O)NC2CC2)cc1C(=O)NC(CC(F)(F)F)C(=O)O. The van der Waals surface area contributed by atoms with Crippen molar-refractivity contribution in [3.05, 3.63) is 29.3 Å². The maximum atomic E-state index is 12.4. The van der Waals surface area contributed by atoms with Gasteiger partial charge in [-0.15, -0.1) is 0 Å². The molecule has 0 spiro atoms. The molecule has 7 nitrogen and oxygen atoms in total. The van der Waals surface area contributed by atoms with Crippen molar-refractivity contribution >= 4 is 21.9 Å². The Morgan fingerprint density at radius 1 is 1.31 bits per heavy atom. The molecule has 2 rings (SSSR count). The number of aryl methyl sites for hydroxylation is 1. The second-order valence-corrected chi connectivity index (χ2v) is 7.77. The fourth-order valence-electron chi connectivity index (χ4n) is 2.17. The highest BCUT2D eigenvalue weighted by molar-refractivity contribution is 7.89. The van der Waals surface area contributed by atoms with Crippen LogP contribution in [-0.2, 0) is 14.8 Å². The van der Waals surface area contributed by atoms with Crippen molar-refractivity contribution < 1.29 is 36.3 Å². The van der Waals surface area contributed by atoms with Gasteiger partial charge in [0.05, 0.1) is 11.3 Å². The molecule has 1 aliphatic carbocycles. The van der Waals surface area contributed by atoms with Gasteiger partial charge in [0.15, 0.2) is 0 Å². The highest BCUT2D eigenvalue weighted by Crippen LogP contribution is 2.24. The number of carboxylic acid groups (broad SMARTS) is 1. The molecule has 0 heterocycles. The second-order valence-electron chi connectivity index (χ2n) is 6.06. The van der Waals surface area contributed by atoms with Crippen LogP contribution in [0.5, 0.6) is 0 Å². The lowest BCUT2D eigenvalue weighted by molar-refractivity contribution is -0.157. The van der Waals surface area contributed by atoms with E-state index in [1.54, 1.807) is 5.32 Å². The van der Waals surface area contributed by atoms with E-state index in [9.17, 15) is 31.2 Å². The Labute approximate surface area is 147 Å². The monoisotopic (exact) mass is 394 g/mol. The first-order chi connectivity index (χ1) is 11.9. The van der Waals surface area contributed by atoms with E-state index in [2.05, 4.69) is 4.72 Å². The van der Waals surface area contributed by atoms with Gasteiger partial charge in [0.1, 0.15) is 6.04 Å². The number of benzene rings is 1. The first kappa shape index (κ1) is 20.2. The largest absolute Gasteiger partial charge is 0.480 e. The fourth-order valence-corrected chi connectivity index (χ4v) is 3.50. The Balaban J connectivity index is 2.24. The molecule has 1 amide bonds.